The summed E-state index contributed by atoms with van der Waals surface area (Å²) >= 11 is 1.51. The molecule has 34 heavy (non-hydrogen) atoms. The van der Waals surface area contributed by atoms with Gasteiger partial charge >= 0.3 is 5.97 Å². The Morgan fingerprint density at radius 2 is 1.91 bits per heavy atom. The van der Waals surface area contributed by atoms with Gasteiger partial charge in [0.1, 0.15) is 0 Å². The molecule has 3 aliphatic heterocycles. The first-order valence-electron chi connectivity index (χ1n) is 11.8. The number of rotatable bonds is 6. The average molecular weight is 483 g/mol. The molecule has 1 amide bonds. The van der Waals surface area contributed by atoms with Gasteiger partial charge in [-0.3, -0.25) is 4.79 Å². The lowest BCUT2D eigenvalue weighted by Gasteiger charge is -2.36. The number of esters is 1. The number of nitrogens with zero attached hydrogens (tertiary/aromatic N) is 4. The fourth-order valence-corrected chi connectivity index (χ4v) is 5.59. The number of amidine groups is 1. The number of carbonyl (C=O) groups is 2. The van der Waals surface area contributed by atoms with Crippen molar-refractivity contribution in [2.75, 3.05) is 27.2 Å². The standard InChI is InChI=1S/C26H34N4O3S/c1-16(2)33-25(32)23-18(4)27-26-30(24(23)19-9-7-17(3)8-10-19)21(15-34-26)13-22(31)29-12-11-20(14-29)28(5)6/h7-10,15-16,20,24H,11-14H2,1-6H3/t20-,24+/m1/s1. The van der Waals surface area contributed by atoms with Crippen LogP contribution in [0.1, 0.15) is 50.8 Å². The first-order valence-corrected chi connectivity index (χ1v) is 12.7. The summed E-state index contributed by atoms with van der Waals surface area (Å²) in [5.74, 6) is -0.255. The maximum absolute atomic E-state index is 13.2. The normalized spacial score (nSPS) is 22.4. The van der Waals surface area contributed by atoms with Gasteiger partial charge in [0.15, 0.2) is 5.17 Å². The first-order chi connectivity index (χ1) is 16.2. The van der Waals surface area contributed by atoms with Crippen molar-refractivity contribution in [3.05, 3.63) is 57.8 Å². The van der Waals surface area contributed by atoms with E-state index in [1.165, 1.54) is 11.8 Å². The van der Waals surface area contributed by atoms with Crippen LogP contribution in [0.4, 0.5) is 0 Å². The molecule has 0 bridgehead atoms. The molecule has 2 atom stereocenters. The summed E-state index contributed by atoms with van der Waals surface area (Å²) in [5, 5.41) is 2.79. The maximum atomic E-state index is 13.2. The van der Waals surface area contributed by atoms with E-state index in [4.69, 9.17) is 9.73 Å². The van der Waals surface area contributed by atoms with E-state index in [0.29, 0.717) is 17.3 Å². The monoisotopic (exact) mass is 482 g/mol. The van der Waals surface area contributed by atoms with Crippen LogP contribution in [-0.4, -0.2) is 71.1 Å². The minimum atomic E-state index is -0.387. The molecular formula is C26H34N4O3S. The predicted octanol–water partition coefficient (Wildman–Crippen LogP) is 4.07. The highest BCUT2D eigenvalue weighted by atomic mass is 32.2. The van der Waals surface area contributed by atoms with Crippen LogP contribution in [-0.2, 0) is 14.3 Å². The Bertz CT molecular complexity index is 1060. The number of thioether (sulfide) groups is 1. The highest BCUT2D eigenvalue weighted by molar-refractivity contribution is 8.16. The molecule has 0 radical (unpaired) electrons. The number of allylic oxidation sites excluding steroid dienone is 1. The number of carbonyl (C=O) groups excluding carboxylic acids is 2. The highest BCUT2D eigenvalue weighted by Crippen LogP contribution is 2.45. The smallest absolute Gasteiger partial charge is 0.338 e. The first kappa shape index (κ1) is 24.5. The second kappa shape index (κ2) is 9.96. The van der Waals surface area contributed by atoms with Gasteiger partial charge in [-0.1, -0.05) is 41.6 Å². The van der Waals surface area contributed by atoms with Crippen molar-refractivity contribution < 1.29 is 14.3 Å². The van der Waals surface area contributed by atoms with Gasteiger partial charge in [-0.25, -0.2) is 9.79 Å². The summed E-state index contributed by atoms with van der Waals surface area (Å²) in [4.78, 5) is 37.4. The quantitative estimate of drug-likeness (QED) is 0.570. The van der Waals surface area contributed by atoms with E-state index < -0.39 is 0 Å². The third-order valence-electron chi connectivity index (χ3n) is 6.54. The average Bonchev–Trinajstić information content (AvgIpc) is 3.41. The van der Waals surface area contributed by atoms with Gasteiger partial charge in [-0.05, 0) is 59.2 Å². The summed E-state index contributed by atoms with van der Waals surface area (Å²) in [6.07, 6.45) is 1.03. The topological polar surface area (TPSA) is 65.5 Å². The van der Waals surface area contributed by atoms with Crippen LogP contribution in [0.3, 0.4) is 0 Å². The number of hydrogen-bond acceptors (Lipinski definition) is 7. The number of ether oxygens (including phenoxy) is 1. The van der Waals surface area contributed by atoms with Crippen molar-refractivity contribution in [3.8, 4) is 0 Å². The zero-order valence-electron chi connectivity index (χ0n) is 20.9. The molecule has 0 aliphatic carbocycles. The van der Waals surface area contributed by atoms with Gasteiger partial charge < -0.3 is 19.4 Å². The molecule has 1 aromatic carbocycles. The van der Waals surface area contributed by atoms with E-state index in [1.54, 1.807) is 0 Å². The summed E-state index contributed by atoms with van der Waals surface area (Å²) in [5.41, 5.74) is 4.17. The largest absolute Gasteiger partial charge is 0.459 e. The fraction of sp³-hybridized carbons (Fsp3) is 0.500. The Labute approximate surface area is 206 Å². The van der Waals surface area contributed by atoms with E-state index in [0.717, 1.165) is 41.5 Å². The molecule has 0 aromatic heterocycles. The molecule has 0 N–H and O–H groups in total. The van der Waals surface area contributed by atoms with E-state index >= 15 is 0 Å². The Balaban J connectivity index is 1.64. The number of aliphatic imine (C=N–C) groups is 1. The SMILES string of the molecule is CC1=C(C(=O)OC(C)C)[C@H](c2ccc(C)cc2)N2C(CC(=O)N3CC[C@@H](N(C)C)C3)=CSC2=N1. The molecule has 7 nitrogen and oxygen atoms in total. The zero-order valence-corrected chi connectivity index (χ0v) is 21.7. The van der Waals surface area contributed by atoms with Gasteiger partial charge in [0.2, 0.25) is 5.91 Å². The van der Waals surface area contributed by atoms with Gasteiger partial charge in [0, 0.05) is 24.8 Å². The molecule has 8 heteroatoms. The van der Waals surface area contributed by atoms with Crippen molar-refractivity contribution in [1.29, 1.82) is 0 Å². The molecule has 3 aliphatic rings. The van der Waals surface area contributed by atoms with Crippen LogP contribution < -0.4 is 0 Å². The third kappa shape index (κ3) is 4.93. The second-order valence-corrected chi connectivity index (χ2v) is 10.5. The van der Waals surface area contributed by atoms with E-state index in [9.17, 15) is 9.59 Å². The molecular weight excluding hydrogens is 448 g/mol. The Morgan fingerprint density at radius 1 is 1.21 bits per heavy atom. The third-order valence-corrected chi connectivity index (χ3v) is 7.42. The number of amides is 1. The lowest BCUT2D eigenvalue weighted by Crippen LogP contribution is -2.39. The summed E-state index contributed by atoms with van der Waals surface area (Å²) in [6.45, 7) is 9.12. The molecule has 182 valence electrons. The maximum Gasteiger partial charge on any atom is 0.338 e. The lowest BCUT2D eigenvalue weighted by atomic mass is 9.93. The molecule has 1 fully saturated rings. The van der Waals surface area contributed by atoms with Gasteiger partial charge in [0.05, 0.1) is 29.8 Å². The fourth-order valence-electron chi connectivity index (χ4n) is 4.63. The lowest BCUT2D eigenvalue weighted by molar-refractivity contribution is -0.143. The highest BCUT2D eigenvalue weighted by Gasteiger charge is 2.42. The van der Waals surface area contributed by atoms with Gasteiger partial charge in [-0.15, -0.1) is 0 Å². The summed E-state index contributed by atoms with van der Waals surface area (Å²) in [6, 6.07) is 8.19. The molecule has 4 rings (SSSR count). The minimum absolute atomic E-state index is 0.109. The van der Waals surface area contributed by atoms with Crippen LogP contribution in [0.25, 0.3) is 0 Å². The van der Waals surface area contributed by atoms with Crippen molar-refractivity contribution in [2.24, 2.45) is 4.99 Å². The Hall–Kier alpha value is -2.58. The van der Waals surface area contributed by atoms with E-state index in [-0.39, 0.29) is 30.4 Å². The number of benzene rings is 1. The van der Waals surface area contributed by atoms with Crippen molar-refractivity contribution in [2.45, 2.75) is 58.7 Å². The minimum Gasteiger partial charge on any atom is -0.459 e. The van der Waals surface area contributed by atoms with Crippen LogP contribution in [0.15, 0.2) is 51.6 Å². The molecule has 0 saturated carbocycles. The number of likely N-dealkylation sites (tertiary alicyclic amines) is 1. The van der Waals surface area contributed by atoms with Gasteiger partial charge in [0.25, 0.3) is 0 Å². The Kier molecular flexibility index (Phi) is 7.19. The molecule has 0 spiro atoms. The summed E-state index contributed by atoms with van der Waals surface area (Å²) in [7, 11) is 4.12. The van der Waals surface area contributed by atoms with Crippen molar-refractivity contribution in [3.63, 3.8) is 0 Å². The predicted molar refractivity (Wildman–Crippen MR) is 136 cm³/mol. The summed E-state index contributed by atoms with van der Waals surface area (Å²) < 4.78 is 5.62. The van der Waals surface area contributed by atoms with Crippen LogP contribution >= 0.6 is 11.8 Å². The number of fused-ring (bicyclic) bond motifs is 1. The number of aryl methyl sites for hydroxylation is 1. The molecule has 1 saturated heterocycles. The number of likely N-dealkylation sites (N-methyl/N-ethyl adjacent to an activating group) is 1. The Morgan fingerprint density at radius 3 is 2.53 bits per heavy atom. The zero-order chi connectivity index (χ0) is 24.6. The molecule has 0 unspecified atom stereocenters. The van der Waals surface area contributed by atoms with Crippen molar-refractivity contribution >= 4 is 28.8 Å². The number of hydrogen-bond donors (Lipinski definition) is 0. The van der Waals surface area contributed by atoms with E-state index in [1.807, 2.05) is 62.3 Å². The molecule has 1 aromatic rings. The van der Waals surface area contributed by atoms with Crippen LogP contribution in [0.2, 0.25) is 0 Å². The van der Waals surface area contributed by atoms with E-state index in [2.05, 4.69) is 23.9 Å². The van der Waals surface area contributed by atoms with Crippen LogP contribution in [0.5, 0.6) is 0 Å². The van der Waals surface area contributed by atoms with Crippen LogP contribution in [0, 0.1) is 6.92 Å². The van der Waals surface area contributed by atoms with Gasteiger partial charge in [-0.2, -0.15) is 0 Å². The molecule has 3 heterocycles. The van der Waals surface area contributed by atoms with Crippen molar-refractivity contribution in [1.82, 2.24) is 14.7 Å². The second-order valence-electron chi connectivity index (χ2n) is 9.68.